The topological polar surface area (TPSA) is 51.0 Å². The standard InChI is InChI=1S/C11H13N3O/c1-12-7-5-9-8-14-11(15-9)10-4-2-3-6-13-10/h2-4,6,8,12H,5,7H2,1H3. The molecular formula is C11H13N3O. The van der Waals surface area contributed by atoms with Crippen LogP contribution in [0.25, 0.3) is 11.6 Å². The number of nitrogens with zero attached hydrogens (tertiary/aromatic N) is 2. The molecule has 2 heterocycles. The van der Waals surface area contributed by atoms with Gasteiger partial charge in [0.25, 0.3) is 0 Å². The van der Waals surface area contributed by atoms with Gasteiger partial charge in [0, 0.05) is 19.2 Å². The highest BCUT2D eigenvalue weighted by atomic mass is 16.4. The fraction of sp³-hybridized carbons (Fsp3) is 0.273. The van der Waals surface area contributed by atoms with Crippen molar-refractivity contribution in [2.45, 2.75) is 6.42 Å². The Labute approximate surface area is 88.4 Å². The molecule has 0 aliphatic carbocycles. The Morgan fingerprint density at radius 2 is 2.27 bits per heavy atom. The fourth-order valence-corrected chi connectivity index (χ4v) is 1.28. The van der Waals surface area contributed by atoms with E-state index < -0.39 is 0 Å². The summed E-state index contributed by atoms with van der Waals surface area (Å²) in [5.41, 5.74) is 0.771. The minimum Gasteiger partial charge on any atom is -0.440 e. The summed E-state index contributed by atoms with van der Waals surface area (Å²) in [4.78, 5) is 8.35. The van der Waals surface area contributed by atoms with Crippen molar-refractivity contribution in [2.24, 2.45) is 0 Å². The molecule has 1 N–H and O–H groups in total. The van der Waals surface area contributed by atoms with Crippen LogP contribution in [0.2, 0.25) is 0 Å². The van der Waals surface area contributed by atoms with Crippen molar-refractivity contribution < 1.29 is 4.42 Å². The van der Waals surface area contributed by atoms with Gasteiger partial charge in [-0.1, -0.05) is 6.07 Å². The number of oxazole rings is 1. The number of likely N-dealkylation sites (N-methyl/N-ethyl adjacent to an activating group) is 1. The van der Waals surface area contributed by atoms with E-state index in [2.05, 4.69) is 15.3 Å². The van der Waals surface area contributed by atoms with Gasteiger partial charge >= 0.3 is 0 Å². The maximum absolute atomic E-state index is 5.56. The molecule has 0 atom stereocenters. The van der Waals surface area contributed by atoms with Crippen LogP contribution in [0.4, 0.5) is 0 Å². The second-order valence-corrected chi connectivity index (χ2v) is 3.20. The van der Waals surface area contributed by atoms with E-state index in [-0.39, 0.29) is 0 Å². The van der Waals surface area contributed by atoms with E-state index in [1.165, 1.54) is 0 Å². The van der Waals surface area contributed by atoms with Crippen molar-refractivity contribution >= 4 is 0 Å². The second-order valence-electron chi connectivity index (χ2n) is 3.20. The SMILES string of the molecule is CNCCc1cnc(-c2ccccn2)o1. The van der Waals surface area contributed by atoms with Crippen LogP contribution in [0.3, 0.4) is 0 Å². The molecule has 4 heteroatoms. The van der Waals surface area contributed by atoms with Crippen LogP contribution in [0.5, 0.6) is 0 Å². The lowest BCUT2D eigenvalue weighted by Gasteiger charge is -1.94. The average molecular weight is 203 g/mol. The quantitative estimate of drug-likeness (QED) is 0.818. The van der Waals surface area contributed by atoms with Crippen LogP contribution >= 0.6 is 0 Å². The second kappa shape index (κ2) is 4.70. The molecule has 0 amide bonds. The first-order chi connectivity index (χ1) is 7.40. The fourth-order valence-electron chi connectivity index (χ4n) is 1.28. The zero-order valence-corrected chi connectivity index (χ0v) is 8.60. The van der Waals surface area contributed by atoms with E-state index in [0.717, 1.165) is 24.4 Å². The summed E-state index contributed by atoms with van der Waals surface area (Å²) in [6, 6.07) is 5.67. The van der Waals surface area contributed by atoms with Crippen LogP contribution in [0.15, 0.2) is 35.0 Å². The summed E-state index contributed by atoms with van der Waals surface area (Å²) in [6.45, 7) is 0.886. The molecule has 0 aliphatic heterocycles. The van der Waals surface area contributed by atoms with Gasteiger partial charge in [0.2, 0.25) is 5.89 Å². The van der Waals surface area contributed by atoms with E-state index in [1.54, 1.807) is 12.4 Å². The Morgan fingerprint density at radius 1 is 1.33 bits per heavy atom. The predicted octanol–water partition coefficient (Wildman–Crippen LogP) is 1.50. The van der Waals surface area contributed by atoms with Gasteiger partial charge in [-0.05, 0) is 19.2 Å². The maximum atomic E-state index is 5.56. The normalized spacial score (nSPS) is 10.5. The number of hydrogen-bond donors (Lipinski definition) is 1. The highest BCUT2D eigenvalue weighted by Crippen LogP contribution is 2.15. The first-order valence-corrected chi connectivity index (χ1v) is 4.91. The van der Waals surface area contributed by atoms with Crippen LogP contribution in [0, 0.1) is 0 Å². The zero-order valence-electron chi connectivity index (χ0n) is 8.60. The molecule has 0 aliphatic rings. The molecule has 0 radical (unpaired) electrons. The number of pyridine rings is 1. The molecule has 0 spiro atoms. The third-order valence-corrected chi connectivity index (χ3v) is 2.06. The van der Waals surface area contributed by atoms with Crippen molar-refractivity contribution in [3.63, 3.8) is 0 Å². The molecule has 0 saturated heterocycles. The Bertz CT molecular complexity index is 411. The van der Waals surface area contributed by atoms with E-state index in [4.69, 9.17) is 4.42 Å². The first-order valence-electron chi connectivity index (χ1n) is 4.91. The lowest BCUT2D eigenvalue weighted by Crippen LogP contribution is -2.09. The molecule has 0 unspecified atom stereocenters. The Morgan fingerprint density at radius 3 is 3.00 bits per heavy atom. The monoisotopic (exact) mass is 203 g/mol. The Kier molecular flexibility index (Phi) is 3.09. The number of nitrogens with one attached hydrogen (secondary N) is 1. The summed E-state index contributed by atoms with van der Waals surface area (Å²) in [5.74, 6) is 1.46. The third-order valence-electron chi connectivity index (χ3n) is 2.06. The van der Waals surface area contributed by atoms with Gasteiger partial charge in [-0.2, -0.15) is 0 Å². The van der Waals surface area contributed by atoms with Crippen LogP contribution in [-0.4, -0.2) is 23.6 Å². The lowest BCUT2D eigenvalue weighted by molar-refractivity contribution is 0.511. The molecule has 15 heavy (non-hydrogen) atoms. The molecule has 0 fully saturated rings. The van der Waals surface area contributed by atoms with Gasteiger partial charge in [-0.15, -0.1) is 0 Å². The molecule has 0 saturated carbocycles. The zero-order chi connectivity index (χ0) is 10.5. The molecule has 0 bridgehead atoms. The number of rotatable bonds is 4. The van der Waals surface area contributed by atoms with Crippen molar-refractivity contribution in [3.05, 3.63) is 36.4 Å². The van der Waals surface area contributed by atoms with E-state index >= 15 is 0 Å². The van der Waals surface area contributed by atoms with Crippen LogP contribution in [0.1, 0.15) is 5.76 Å². The van der Waals surface area contributed by atoms with Crippen molar-refractivity contribution in [3.8, 4) is 11.6 Å². The average Bonchev–Trinajstić information content (AvgIpc) is 2.76. The molecular weight excluding hydrogens is 190 g/mol. The van der Waals surface area contributed by atoms with Gasteiger partial charge in [-0.3, -0.25) is 4.98 Å². The van der Waals surface area contributed by atoms with Gasteiger partial charge in [0.05, 0.1) is 6.20 Å². The van der Waals surface area contributed by atoms with Gasteiger partial charge in [-0.25, -0.2) is 4.98 Å². The minimum atomic E-state index is 0.585. The first kappa shape index (κ1) is 9.86. The summed E-state index contributed by atoms with van der Waals surface area (Å²) in [6.07, 6.45) is 4.32. The minimum absolute atomic E-state index is 0.585. The molecule has 2 aromatic heterocycles. The van der Waals surface area contributed by atoms with Crippen LogP contribution in [-0.2, 0) is 6.42 Å². The van der Waals surface area contributed by atoms with Crippen molar-refractivity contribution in [1.29, 1.82) is 0 Å². The van der Waals surface area contributed by atoms with Crippen LogP contribution < -0.4 is 5.32 Å². The molecule has 2 rings (SSSR count). The smallest absolute Gasteiger partial charge is 0.245 e. The summed E-state index contributed by atoms with van der Waals surface area (Å²) in [7, 11) is 1.91. The van der Waals surface area contributed by atoms with E-state index in [1.807, 2.05) is 25.2 Å². The van der Waals surface area contributed by atoms with Crippen molar-refractivity contribution in [2.75, 3.05) is 13.6 Å². The highest BCUT2D eigenvalue weighted by Gasteiger charge is 2.06. The lowest BCUT2D eigenvalue weighted by atomic mass is 10.3. The molecule has 4 nitrogen and oxygen atoms in total. The Hall–Kier alpha value is -1.68. The van der Waals surface area contributed by atoms with E-state index in [9.17, 15) is 0 Å². The van der Waals surface area contributed by atoms with Gasteiger partial charge in [0.15, 0.2) is 0 Å². The molecule has 78 valence electrons. The third kappa shape index (κ3) is 2.41. The summed E-state index contributed by atoms with van der Waals surface area (Å²) < 4.78 is 5.56. The number of aromatic nitrogens is 2. The molecule has 0 aromatic carbocycles. The number of hydrogen-bond acceptors (Lipinski definition) is 4. The largest absolute Gasteiger partial charge is 0.440 e. The summed E-state index contributed by atoms with van der Waals surface area (Å²) >= 11 is 0. The Balaban J connectivity index is 2.14. The van der Waals surface area contributed by atoms with Gasteiger partial charge < -0.3 is 9.73 Å². The van der Waals surface area contributed by atoms with Gasteiger partial charge in [0.1, 0.15) is 11.5 Å². The summed E-state index contributed by atoms with van der Waals surface area (Å²) in [5, 5.41) is 3.06. The predicted molar refractivity (Wildman–Crippen MR) is 57.4 cm³/mol. The maximum Gasteiger partial charge on any atom is 0.245 e. The molecule has 2 aromatic rings. The van der Waals surface area contributed by atoms with Crippen molar-refractivity contribution in [1.82, 2.24) is 15.3 Å². The van der Waals surface area contributed by atoms with E-state index in [0.29, 0.717) is 5.89 Å². The highest BCUT2D eigenvalue weighted by molar-refractivity contribution is 5.45.